The molecule has 0 aromatic carbocycles. The van der Waals surface area contributed by atoms with Gasteiger partial charge in [-0.15, -0.1) is 0 Å². The Hall–Kier alpha value is -1.27. The fraction of sp³-hybridized carbons (Fsp3) is 0.750. The maximum atomic E-state index is 12.0. The van der Waals surface area contributed by atoms with Crippen LogP contribution in [0.2, 0.25) is 0 Å². The Morgan fingerprint density at radius 3 is 2.07 bits per heavy atom. The Kier molecular flexibility index (Phi) is 4.57. The van der Waals surface area contributed by atoms with E-state index in [2.05, 4.69) is 4.74 Å². The molecule has 0 atom stereocenters. The summed E-state index contributed by atoms with van der Waals surface area (Å²) in [6.07, 6.45) is -4.53. The van der Waals surface area contributed by atoms with E-state index in [1.807, 2.05) is 0 Å². The van der Waals surface area contributed by atoms with Crippen LogP contribution in [0.1, 0.15) is 13.8 Å². The van der Waals surface area contributed by atoms with Gasteiger partial charge in [0.25, 0.3) is 0 Å². The summed E-state index contributed by atoms with van der Waals surface area (Å²) in [5.41, 5.74) is 0. The molecule has 0 fully saturated rings. The minimum Gasteiger partial charge on any atom is -0.462 e. The molecule has 0 N–H and O–H groups in total. The molecular formula is C8H12F3NO3. The van der Waals surface area contributed by atoms with E-state index >= 15 is 0 Å². The van der Waals surface area contributed by atoms with Gasteiger partial charge < -0.3 is 9.64 Å². The van der Waals surface area contributed by atoms with Crippen LogP contribution in [0.4, 0.5) is 13.2 Å². The minimum absolute atomic E-state index is 0.409. The molecule has 0 aliphatic rings. The normalized spacial score (nSPS) is 11.4. The summed E-state index contributed by atoms with van der Waals surface area (Å²) in [5, 5.41) is 0. The molecule has 0 heterocycles. The molecule has 0 bridgehead atoms. The van der Waals surface area contributed by atoms with Crippen LogP contribution in [-0.2, 0) is 14.3 Å². The third-order valence-electron chi connectivity index (χ3n) is 1.59. The van der Waals surface area contributed by atoms with Crippen LogP contribution in [0.3, 0.4) is 0 Å². The van der Waals surface area contributed by atoms with Gasteiger partial charge in [-0.05, 0) is 13.8 Å². The van der Waals surface area contributed by atoms with Crippen molar-refractivity contribution in [2.75, 3.05) is 13.7 Å². The highest BCUT2D eigenvalue weighted by Gasteiger charge is 2.36. The van der Waals surface area contributed by atoms with Gasteiger partial charge in [-0.1, -0.05) is 0 Å². The lowest BCUT2D eigenvalue weighted by molar-refractivity contribution is -0.173. The number of halogens is 3. The van der Waals surface area contributed by atoms with Gasteiger partial charge in [0.15, 0.2) is 0 Å². The maximum absolute atomic E-state index is 12.0. The highest BCUT2D eigenvalue weighted by Crippen LogP contribution is 2.18. The number of methoxy groups -OCH3 is 1. The molecule has 0 saturated carbocycles. The summed E-state index contributed by atoms with van der Waals surface area (Å²) < 4.78 is 40.2. The van der Waals surface area contributed by atoms with Crippen LogP contribution < -0.4 is 0 Å². The molecule has 0 aromatic rings. The number of esters is 1. The number of carbonyl (C=O) groups is 2. The largest absolute Gasteiger partial charge is 0.462 e. The average Bonchev–Trinajstić information content (AvgIpc) is 2.10. The molecule has 0 rings (SSSR count). The molecule has 1 amide bonds. The number of nitrogens with zero attached hydrogens (tertiary/aromatic N) is 1. The molecular weight excluding hydrogens is 215 g/mol. The number of carbonyl (C=O) groups excluding carboxylic acids is 2. The Balaban J connectivity index is 4.68. The number of alkyl halides is 3. The molecule has 0 saturated heterocycles. The van der Waals surface area contributed by atoms with Crippen LogP contribution >= 0.6 is 0 Å². The van der Waals surface area contributed by atoms with E-state index in [0.717, 1.165) is 7.11 Å². The minimum atomic E-state index is -4.53. The molecule has 0 aromatic heterocycles. The van der Waals surface area contributed by atoms with Crippen molar-refractivity contribution >= 4 is 11.9 Å². The first-order chi connectivity index (χ1) is 6.69. The second kappa shape index (κ2) is 4.99. The zero-order valence-electron chi connectivity index (χ0n) is 8.59. The summed E-state index contributed by atoms with van der Waals surface area (Å²) in [4.78, 5) is 22.3. The number of rotatable bonds is 2. The Morgan fingerprint density at radius 1 is 1.33 bits per heavy atom. The van der Waals surface area contributed by atoms with Gasteiger partial charge >= 0.3 is 18.1 Å². The molecule has 15 heavy (non-hydrogen) atoms. The lowest BCUT2D eigenvalue weighted by atomic mass is 10.3. The van der Waals surface area contributed by atoms with Crippen molar-refractivity contribution in [2.24, 2.45) is 0 Å². The molecule has 88 valence electrons. The Morgan fingerprint density at radius 2 is 1.80 bits per heavy atom. The number of hydrogen-bond acceptors (Lipinski definition) is 3. The molecule has 7 heteroatoms. The van der Waals surface area contributed by atoms with E-state index in [4.69, 9.17) is 0 Å². The van der Waals surface area contributed by atoms with Crippen molar-refractivity contribution in [3.63, 3.8) is 0 Å². The van der Waals surface area contributed by atoms with E-state index in [1.54, 1.807) is 0 Å². The standard InChI is InChI=1S/C8H12F3NO3/c1-5(2)12(4-8(9,10)11)6(13)7(14)15-3/h5H,4H2,1-3H3. The van der Waals surface area contributed by atoms with Crippen LogP contribution in [0.25, 0.3) is 0 Å². The zero-order chi connectivity index (χ0) is 12.2. The third kappa shape index (κ3) is 4.66. The van der Waals surface area contributed by atoms with Gasteiger partial charge in [-0.2, -0.15) is 13.2 Å². The number of ether oxygens (including phenoxy) is 1. The highest BCUT2D eigenvalue weighted by atomic mass is 19.4. The van der Waals surface area contributed by atoms with E-state index < -0.39 is 30.6 Å². The summed E-state index contributed by atoms with van der Waals surface area (Å²) in [5.74, 6) is -2.59. The van der Waals surface area contributed by atoms with E-state index in [-0.39, 0.29) is 0 Å². The predicted octanol–water partition coefficient (Wildman–Crippen LogP) is 0.959. The lowest BCUT2D eigenvalue weighted by Gasteiger charge is -2.26. The van der Waals surface area contributed by atoms with Gasteiger partial charge in [0.05, 0.1) is 7.11 Å². The van der Waals surface area contributed by atoms with Crippen molar-refractivity contribution in [3.05, 3.63) is 0 Å². The third-order valence-corrected chi connectivity index (χ3v) is 1.59. The molecule has 0 radical (unpaired) electrons. The van der Waals surface area contributed by atoms with Crippen molar-refractivity contribution < 1.29 is 27.5 Å². The van der Waals surface area contributed by atoms with E-state index in [9.17, 15) is 22.8 Å². The van der Waals surface area contributed by atoms with Crippen molar-refractivity contribution in [2.45, 2.75) is 26.1 Å². The molecule has 0 aliphatic heterocycles. The maximum Gasteiger partial charge on any atom is 0.406 e. The summed E-state index contributed by atoms with van der Waals surface area (Å²) in [7, 11) is 0.937. The fourth-order valence-electron chi connectivity index (χ4n) is 0.887. The summed E-state index contributed by atoms with van der Waals surface area (Å²) in [6.45, 7) is 1.30. The van der Waals surface area contributed by atoms with Gasteiger partial charge in [-0.3, -0.25) is 4.79 Å². The quantitative estimate of drug-likeness (QED) is 0.521. The van der Waals surface area contributed by atoms with Gasteiger partial charge in [0.1, 0.15) is 6.54 Å². The van der Waals surface area contributed by atoms with E-state index in [0.29, 0.717) is 4.90 Å². The topological polar surface area (TPSA) is 46.6 Å². The van der Waals surface area contributed by atoms with E-state index in [1.165, 1.54) is 13.8 Å². The predicted molar refractivity (Wildman–Crippen MR) is 44.9 cm³/mol. The highest BCUT2D eigenvalue weighted by molar-refractivity contribution is 6.32. The van der Waals surface area contributed by atoms with Crippen molar-refractivity contribution in [1.82, 2.24) is 4.90 Å². The first-order valence-electron chi connectivity index (χ1n) is 4.14. The van der Waals surface area contributed by atoms with Crippen molar-refractivity contribution in [3.8, 4) is 0 Å². The van der Waals surface area contributed by atoms with Crippen molar-refractivity contribution in [1.29, 1.82) is 0 Å². The summed E-state index contributed by atoms with van der Waals surface area (Å²) in [6, 6.07) is -0.724. The molecule has 0 unspecified atom stereocenters. The van der Waals surface area contributed by atoms with Gasteiger partial charge in [0.2, 0.25) is 0 Å². The molecule has 0 aliphatic carbocycles. The zero-order valence-corrected chi connectivity index (χ0v) is 8.59. The summed E-state index contributed by atoms with van der Waals surface area (Å²) >= 11 is 0. The SMILES string of the molecule is COC(=O)C(=O)N(CC(F)(F)F)C(C)C. The van der Waals surface area contributed by atoms with Crippen LogP contribution in [-0.4, -0.2) is 42.6 Å². The second-order valence-electron chi connectivity index (χ2n) is 3.13. The number of hydrogen-bond donors (Lipinski definition) is 0. The first-order valence-corrected chi connectivity index (χ1v) is 4.14. The average molecular weight is 227 g/mol. The van der Waals surface area contributed by atoms with Crippen LogP contribution in [0, 0.1) is 0 Å². The monoisotopic (exact) mass is 227 g/mol. The lowest BCUT2D eigenvalue weighted by Crippen LogP contribution is -2.46. The number of amides is 1. The Labute approximate surface area is 85.0 Å². The molecule has 4 nitrogen and oxygen atoms in total. The fourth-order valence-corrected chi connectivity index (χ4v) is 0.887. The van der Waals surface area contributed by atoms with Crippen LogP contribution in [0.5, 0.6) is 0 Å². The Bertz CT molecular complexity index is 250. The molecule has 0 spiro atoms. The van der Waals surface area contributed by atoms with Gasteiger partial charge in [-0.25, -0.2) is 4.79 Å². The van der Waals surface area contributed by atoms with Gasteiger partial charge in [0, 0.05) is 6.04 Å². The van der Waals surface area contributed by atoms with Crippen LogP contribution in [0.15, 0.2) is 0 Å². The smallest absolute Gasteiger partial charge is 0.406 e. The second-order valence-corrected chi connectivity index (χ2v) is 3.13. The first kappa shape index (κ1) is 13.7.